The van der Waals surface area contributed by atoms with E-state index in [9.17, 15) is 0 Å². The summed E-state index contributed by atoms with van der Waals surface area (Å²) in [5, 5.41) is 12.4. The van der Waals surface area contributed by atoms with Crippen LogP contribution >= 0.6 is 0 Å². The minimum Gasteiger partial charge on any atom is -0.396 e. The van der Waals surface area contributed by atoms with Crippen molar-refractivity contribution < 1.29 is 9.84 Å². The molecule has 2 N–H and O–H groups in total. The largest absolute Gasteiger partial charge is 0.396 e. The molecule has 0 aliphatic carbocycles. The van der Waals surface area contributed by atoms with Gasteiger partial charge in [-0.05, 0) is 26.4 Å². The summed E-state index contributed by atoms with van der Waals surface area (Å²) in [6.07, 6.45) is 1.97. The molecule has 4 nitrogen and oxygen atoms in total. The highest BCUT2D eigenvalue weighted by molar-refractivity contribution is 4.82. The number of nitrogens with one attached hydrogen (secondary N) is 1. The van der Waals surface area contributed by atoms with E-state index in [0.717, 1.165) is 19.5 Å². The number of hydrogen-bond acceptors (Lipinski definition) is 4. The first-order valence-corrected chi connectivity index (χ1v) is 5.30. The van der Waals surface area contributed by atoms with E-state index in [4.69, 9.17) is 9.84 Å². The van der Waals surface area contributed by atoms with E-state index < -0.39 is 0 Å². The van der Waals surface area contributed by atoms with Crippen LogP contribution in [0.4, 0.5) is 0 Å². The maximum atomic E-state index is 8.88. The highest BCUT2D eigenvalue weighted by Crippen LogP contribution is 2.08. The summed E-state index contributed by atoms with van der Waals surface area (Å²) in [7, 11) is 3.84. The predicted octanol–water partition coefficient (Wildman–Crippen LogP) is -0.322. The second-order valence-electron chi connectivity index (χ2n) is 4.08. The average molecular weight is 202 g/mol. The molecule has 0 aromatic heterocycles. The zero-order valence-electron chi connectivity index (χ0n) is 9.20. The van der Waals surface area contributed by atoms with Crippen molar-refractivity contribution in [3.05, 3.63) is 0 Å². The molecule has 14 heavy (non-hydrogen) atoms. The Balaban J connectivity index is 2.24. The molecule has 84 valence electrons. The van der Waals surface area contributed by atoms with E-state index >= 15 is 0 Å². The molecule has 1 rings (SSSR count). The van der Waals surface area contributed by atoms with Crippen molar-refractivity contribution in [2.75, 3.05) is 40.5 Å². The molecular formula is C10H22N2O2. The Hall–Kier alpha value is -0.160. The molecule has 2 unspecified atom stereocenters. The van der Waals surface area contributed by atoms with Gasteiger partial charge < -0.3 is 20.1 Å². The monoisotopic (exact) mass is 202 g/mol. The van der Waals surface area contributed by atoms with Gasteiger partial charge in [-0.2, -0.15) is 0 Å². The highest BCUT2D eigenvalue weighted by Gasteiger charge is 2.21. The third kappa shape index (κ3) is 3.92. The van der Waals surface area contributed by atoms with Gasteiger partial charge in [-0.15, -0.1) is 0 Å². The summed E-state index contributed by atoms with van der Waals surface area (Å²) >= 11 is 0. The number of rotatable bonds is 6. The van der Waals surface area contributed by atoms with E-state index in [0.29, 0.717) is 18.7 Å². The smallest absolute Gasteiger partial charge is 0.0616 e. The Bertz CT molecular complexity index is 149. The van der Waals surface area contributed by atoms with Crippen molar-refractivity contribution in [2.45, 2.75) is 24.9 Å². The van der Waals surface area contributed by atoms with Gasteiger partial charge in [0.25, 0.3) is 0 Å². The lowest BCUT2D eigenvalue weighted by Gasteiger charge is -2.21. The number of ether oxygens (including phenoxy) is 1. The number of hydrogen-bond donors (Lipinski definition) is 2. The van der Waals surface area contributed by atoms with Crippen LogP contribution in [0.15, 0.2) is 0 Å². The van der Waals surface area contributed by atoms with Crippen molar-refractivity contribution >= 4 is 0 Å². The quantitative estimate of drug-likeness (QED) is 0.619. The lowest BCUT2D eigenvalue weighted by atomic mass is 10.1. The molecule has 1 aliphatic heterocycles. The van der Waals surface area contributed by atoms with E-state index in [1.807, 2.05) is 0 Å². The summed E-state index contributed by atoms with van der Waals surface area (Å²) in [5.41, 5.74) is 0. The maximum Gasteiger partial charge on any atom is 0.0616 e. The number of likely N-dealkylation sites (tertiary alicyclic amines) is 1. The number of methoxy groups -OCH3 is 1. The number of nitrogens with zero attached hydrogens (tertiary/aromatic N) is 1. The fourth-order valence-electron chi connectivity index (χ4n) is 1.98. The van der Waals surface area contributed by atoms with Crippen molar-refractivity contribution in [1.82, 2.24) is 10.2 Å². The molecule has 0 bridgehead atoms. The Labute approximate surface area is 86.2 Å². The van der Waals surface area contributed by atoms with Crippen LogP contribution in [-0.2, 0) is 4.74 Å². The van der Waals surface area contributed by atoms with Gasteiger partial charge in [-0.3, -0.25) is 0 Å². The molecule has 2 atom stereocenters. The lowest BCUT2D eigenvalue weighted by Crippen LogP contribution is -2.42. The van der Waals surface area contributed by atoms with Gasteiger partial charge in [-0.1, -0.05) is 0 Å². The van der Waals surface area contributed by atoms with Crippen LogP contribution < -0.4 is 5.32 Å². The minimum atomic E-state index is 0.226. The fourth-order valence-corrected chi connectivity index (χ4v) is 1.98. The molecule has 1 heterocycles. The van der Waals surface area contributed by atoms with Gasteiger partial charge in [0.1, 0.15) is 0 Å². The van der Waals surface area contributed by atoms with Crippen LogP contribution in [0.2, 0.25) is 0 Å². The highest BCUT2D eigenvalue weighted by atomic mass is 16.5. The molecular weight excluding hydrogens is 180 g/mol. The third-order valence-corrected chi connectivity index (χ3v) is 2.71. The fraction of sp³-hybridized carbons (Fsp3) is 1.00. The molecule has 1 saturated heterocycles. The SMILES string of the molecule is COCC(CCO)NC1CCN(C)C1. The van der Waals surface area contributed by atoms with Gasteiger partial charge in [-0.25, -0.2) is 0 Å². The normalized spacial score (nSPS) is 25.5. The topological polar surface area (TPSA) is 44.7 Å². The van der Waals surface area contributed by atoms with Crippen LogP contribution in [0.3, 0.4) is 0 Å². The Morgan fingerprint density at radius 2 is 2.43 bits per heavy atom. The summed E-state index contributed by atoms with van der Waals surface area (Å²) in [4.78, 5) is 2.32. The van der Waals surface area contributed by atoms with Crippen LogP contribution in [0.1, 0.15) is 12.8 Å². The van der Waals surface area contributed by atoms with E-state index in [-0.39, 0.29) is 6.61 Å². The molecule has 0 saturated carbocycles. The summed E-state index contributed by atoms with van der Waals surface area (Å²) in [6, 6.07) is 0.855. The standard InChI is InChI=1S/C10H22N2O2/c1-12-5-3-9(7-12)11-10(4-6-13)8-14-2/h9-11,13H,3-8H2,1-2H3. The van der Waals surface area contributed by atoms with Crippen LogP contribution in [0.5, 0.6) is 0 Å². The van der Waals surface area contributed by atoms with Crippen molar-refractivity contribution in [2.24, 2.45) is 0 Å². The molecule has 1 fully saturated rings. The zero-order valence-corrected chi connectivity index (χ0v) is 9.20. The second-order valence-corrected chi connectivity index (χ2v) is 4.08. The van der Waals surface area contributed by atoms with Crippen molar-refractivity contribution in [3.63, 3.8) is 0 Å². The van der Waals surface area contributed by atoms with Crippen LogP contribution in [0.25, 0.3) is 0 Å². The molecule has 0 spiro atoms. The number of aliphatic hydroxyl groups is 1. The molecule has 0 aromatic carbocycles. The first-order chi connectivity index (χ1) is 6.76. The molecule has 1 aliphatic rings. The summed E-state index contributed by atoms with van der Waals surface area (Å²) in [6.45, 7) is 3.17. The van der Waals surface area contributed by atoms with Crippen LogP contribution in [-0.4, -0.2) is 62.6 Å². The Morgan fingerprint density at radius 3 is 2.93 bits per heavy atom. The van der Waals surface area contributed by atoms with Gasteiger partial charge in [0.15, 0.2) is 0 Å². The number of aliphatic hydroxyl groups excluding tert-OH is 1. The molecule has 0 radical (unpaired) electrons. The Morgan fingerprint density at radius 1 is 1.64 bits per heavy atom. The second kappa shape index (κ2) is 6.35. The summed E-state index contributed by atoms with van der Waals surface area (Å²) < 4.78 is 5.11. The maximum absolute atomic E-state index is 8.88. The third-order valence-electron chi connectivity index (χ3n) is 2.71. The van der Waals surface area contributed by atoms with Gasteiger partial charge >= 0.3 is 0 Å². The molecule has 0 aromatic rings. The van der Waals surface area contributed by atoms with E-state index in [1.54, 1.807) is 7.11 Å². The summed E-state index contributed by atoms with van der Waals surface area (Å²) in [5.74, 6) is 0. The van der Waals surface area contributed by atoms with Crippen molar-refractivity contribution in [3.8, 4) is 0 Å². The van der Waals surface area contributed by atoms with E-state index in [1.165, 1.54) is 6.42 Å². The first kappa shape index (κ1) is 11.9. The first-order valence-electron chi connectivity index (χ1n) is 5.30. The molecule has 4 heteroatoms. The lowest BCUT2D eigenvalue weighted by molar-refractivity contribution is 0.143. The van der Waals surface area contributed by atoms with Gasteiger partial charge in [0, 0.05) is 32.3 Å². The van der Waals surface area contributed by atoms with Crippen molar-refractivity contribution in [1.29, 1.82) is 0 Å². The van der Waals surface area contributed by atoms with Gasteiger partial charge in [0.05, 0.1) is 6.61 Å². The van der Waals surface area contributed by atoms with Gasteiger partial charge in [0.2, 0.25) is 0 Å². The average Bonchev–Trinajstić information content (AvgIpc) is 2.52. The predicted molar refractivity (Wildman–Crippen MR) is 56.4 cm³/mol. The zero-order chi connectivity index (χ0) is 10.4. The Kier molecular flexibility index (Phi) is 5.40. The molecule has 0 amide bonds. The van der Waals surface area contributed by atoms with Crippen LogP contribution in [0, 0.1) is 0 Å². The minimum absolute atomic E-state index is 0.226. The van der Waals surface area contributed by atoms with E-state index in [2.05, 4.69) is 17.3 Å². The number of likely N-dealkylation sites (N-methyl/N-ethyl adjacent to an activating group) is 1.